The van der Waals surface area contributed by atoms with Crippen LogP contribution in [0, 0.1) is 5.41 Å². The van der Waals surface area contributed by atoms with E-state index in [2.05, 4.69) is 31.2 Å². The number of hydrogen-bond donors (Lipinski definition) is 1. The summed E-state index contributed by atoms with van der Waals surface area (Å²) < 4.78 is 65.1. The first-order valence-electron chi connectivity index (χ1n) is 9.91. The van der Waals surface area contributed by atoms with Crippen LogP contribution in [-0.4, -0.2) is 50.6 Å². The van der Waals surface area contributed by atoms with E-state index in [4.69, 9.17) is 4.84 Å². The second-order valence-corrected chi connectivity index (χ2v) is 10.5. The normalized spacial score (nSPS) is 16.1. The topological polar surface area (TPSA) is 88.1 Å². The molecule has 0 bridgehead atoms. The first-order valence-corrected chi connectivity index (χ1v) is 11.3. The van der Waals surface area contributed by atoms with E-state index in [1.165, 1.54) is 0 Å². The van der Waals surface area contributed by atoms with Crippen LogP contribution in [0.25, 0.3) is 0 Å². The Labute approximate surface area is 180 Å². The molecule has 0 spiro atoms. The Morgan fingerprint density at radius 3 is 2.42 bits per heavy atom. The van der Waals surface area contributed by atoms with Gasteiger partial charge in [-0.25, -0.2) is 8.42 Å². The first-order chi connectivity index (χ1) is 14.3. The number of amides is 1. The number of hydrogen-bond acceptors (Lipinski definition) is 5. The Morgan fingerprint density at radius 2 is 1.84 bits per heavy atom. The van der Waals surface area contributed by atoms with E-state index in [1.54, 1.807) is 0 Å². The average molecular weight is 464 g/mol. The van der Waals surface area contributed by atoms with Crippen LogP contribution in [0.5, 0.6) is 0 Å². The molecule has 1 saturated heterocycles. The van der Waals surface area contributed by atoms with Gasteiger partial charge in [-0.15, -0.1) is 0 Å². The quantitative estimate of drug-likeness (QED) is 0.628. The lowest BCUT2D eigenvalue weighted by molar-refractivity contribution is -0.137. The smallest absolute Gasteiger partial charge is 0.386 e. The predicted octanol–water partition coefficient (Wildman–Crippen LogP) is 3.41. The van der Waals surface area contributed by atoms with Crippen LogP contribution in [0.4, 0.5) is 13.2 Å². The molecule has 1 aromatic rings. The van der Waals surface area contributed by atoms with Crippen molar-refractivity contribution in [3.63, 3.8) is 0 Å². The van der Waals surface area contributed by atoms with Crippen LogP contribution in [0.1, 0.15) is 45.6 Å². The number of sulfonamides is 1. The standard InChI is InChI=1S/C20H28F3N3O4S/c1-19(2,3)9-10-24-18(27)14-30-25-16-7-11-26(12-8-16)31(28,29)17-6-4-5-15(13-17)20(21,22)23/h4-6,13H,7-12,14H2,1-3H3,(H,24,27). The van der Waals surface area contributed by atoms with Gasteiger partial charge in [0.25, 0.3) is 5.91 Å². The zero-order valence-electron chi connectivity index (χ0n) is 17.8. The molecule has 1 amide bonds. The highest BCUT2D eigenvalue weighted by atomic mass is 32.2. The molecule has 0 atom stereocenters. The molecule has 31 heavy (non-hydrogen) atoms. The second kappa shape index (κ2) is 9.99. The predicted molar refractivity (Wildman–Crippen MR) is 110 cm³/mol. The van der Waals surface area contributed by atoms with E-state index >= 15 is 0 Å². The molecule has 1 N–H and O–H groups in total. The van der Waals surface area contributed by atoms with Crippen molar-refractivity contribution in [2.45, 2.75) is 51.1 Å². The van der Waals surface area contributed by atoms with Crippen molar-refractivity contribution in [2.75, 3.05) is 26.2 Å². The second-order valence-electron chi connectivity index (χ2n) is 8.52. The number of nitrogens with zero attached hydrogens (tertiary/aromatic N) is 2. The maximum Gasteiger partial charge on any atom is 0.416 e. The van der Waals surface area contributed by atoms with E-state index in [1.807, 2.05) is 0 Å². The van der Waals surface area contributed by atoms with Crippen molar-refractivity contribution in [1.82, 2.24) is 9.62 Å². The lowest BCUT2D eigenvalue weighted by atomic mass is 9.92. The number of alkyl halides is 3. The maximum absolute atomic E-state index is 12.9. The molecule has 0 aliphatic carbocycles. The van der Waals surface area contributed by atoms with Crippen LogP contribution in [-0.2, 0) is 25.8 Å². The summed E-state index contributed by atoms with van der Waals surface area (Å²) in [5, 5.41) is 6.64. The van der Waals surface area contributed by atoms with E-state index < -0.39 is 26.7 Å². The maximum atomic E-state index is 12.9. The average Bonchev–Trinajstić information content (AvgIpc) is 2.67. The van der Waals surface area contributed by atoms with Gasteiger partial charge in [0.05, 0.1) is 16.2 Å². The molecule has 1 fully saturated rings. The van der Waals surface area contributed by atoms with E-state index in [0.29, 0.717) is 18.3 Å². The molecule has 1 aliphatic heterocycles. The van der Waals surface area contributed by atoms with Crippen LogP contribution >= 0.6 is 0 Å². The third-order valence-electron chi connectivity index (χ3n) is 4.69. The largest absolute Gasteiger partial charge is 0.416 e. The Morgan fingerprint density at radius 1 is 1.19 bits per heavy atom. The molecule has 2 rings (SSSR count). The number of rotatable bonds is 7. The number of piperidine rings is 1. The number of oxime groups is 1. The van der Waals surface area contributed by atoms with Crippen LogP contribution < -0.4 is 5.32 Å². The van der Waals surface area contributed by atoms with Crippen molar-refractivity contribution in [3.8, 4) is 0 Å². The van der Waals surface area contributed by atoms with Crippen molar-refractivity contribution in [1.29, 1.82) is 0 Å². The van der Waals surface area contributed by atoms with Gasteiger partial charge in [-0.3, -0.25) is 4.79 Å². The summed E-state index contributed by atoms with van der Waals surface area (Å²) in [6, 6.07) is 3.69. The third-order valence-corrected chi connectivity index (χ3v) is 6.58. The minimum absolute atomic E-state index is 0.0680. The zero-order valence-corrected chi connectivity index (χ0v) is 18.6. The van der Waals surface area contributed by atoms with Gasteiger partial charge >= 0.3 is 6.18 Å². The van der Waals surface area contributed by atoms with E-state index in [-0.39, 0.29) is 43.9 Å². The molecule has 0 aromatic heterocycles. The van der Waals surface area contributed by atoms with Crippen molar-refractivity contribution >= 4 is 21.6 Å². The van der Waals surface area contributed by atoms with E-state index in [0.717, 1.165) is 28.9 Å². The van der Waals surface area contributed by atoms with Crippen molar-refractivity contribution in [2.24, 2.45) is 10.6 Å². The van der Waals surface area contributed by atoms with Crippen LogP contribution in [0.15, 0.2) is 34.3 Å². The number of halogens is 3. The van der Waals surface area contributed by atoms with Gasteiger partial charge < -0.3 is 10.2 Å². The summed E-state index contributed by atoms with van der Waals surface area (Å²) in [6.07, 6.45) is -3.26. The molecule has 0 unspecified atom stereocenters. The fourth-order valence-electron chi connectivity index (χ4n) is 2.87. The van der Waals surface area contributed by atoms with Gasteiger partial charge in [0.1, 0.15) is 0 Å². The number of benzene rings is 1. The minimum Gasteiger partial charge on any atom is -0.386 e. The third kappa shape index (κ3) is 7.80. The first kappa shape index (κ1) is 25.1. The summed E-state index contributed by atoms with van der Waals surface area (Å²) in [5.41, 5.74) is -0.309. The summed E-state index contributed by atoms with van der Waals surface area (Å²) in [4.78, 5) is 16.4. The number of carbonyl (C=O) groups is 1. The Balaban J connectivity index is 1.86. The zero-order chi connectivity index (χ0) is 23.3. The van der Waals surface area contributed by atoms with E-state index in [9.17, 15) is 26.4 Å². The molecule has 1 heterocycles. The molecule has 0 saturated carbocycles. The monoisotopic (exact) mass is 463 g/mol. The van der Waals surface area contributed by atoms with Crippen LogP contribution in [0.2, 0.25) is 0 Å². The lowest BCUT2D eigenvalue weighted by Gasteiger charge is -2.26. The minimum atomic E-state index is -4.62. The van der Waals surface area contributed by atoms with Gasteiger partial charge in [0, 0.05) is 32.5 Å². The highest BCUT2D eigenvalue weighted by Crippen LogP contribution is 2.31. The number of nitrogens with one attached hydrogen (secondary N) is 1. The summed E-state index contributed by atoms with van der Waals surface area (Å²) >= 11 is 0. The van der Waals surface area contributed by atoms with Crippen molar-refractivity contribution in [3.05, 3.63) is 29.8 Å². The molecule has 174 valence electrons. The highest BCUT2D eigenvalue weighted by molar-refractivity contribution is 7.89. The fraction of sp³-hybridized carbons (Fsp3) is 0.600. The van der Waals surface area contributed by atoms with Crippen LogP contribution in [0.3, 0.4) is 0 Å². The molecule has 1 aliphatic rings. The molecular weight excluding hydrogens is 435 g/mol. The molecule has 1 aromatic carbocycles. The van der Waals surface area contributed by atoms with Gasteiger partial charge in [0.2, 0.25) is 10.0 Å². The summed E-state index contributed by atoms with van der Waals surface area (Å²) in [5.74, 6) is -0.293. The Kier molecular flexibility index (Phi) is 8.09. The molecular formula is C20H28F3N3O4S. The Hall–Kier alpha value is -2.14. The molecule has 0 radical (unpaired) electrons. The lowest BCUT2D eigenvalue weighted by Crippen LogP contribution is -2.38. The summed E-state index contributed by atoms with van der Waals surface area (Å²) in [6.45, 7) is 6.64. The molecule has 11 heteroatoms. The highest BCUT2D eigenvalue weighted by Gasteiger charge is 2.33. The summed E-state index contributed by atoms with van der Waals surface area (Å²) in [7, 11) is -4.05. The fourth-order valence-corrected chi connectivity index (χ4v) is 4.36. The van der Waals surface area contributed by atoms with Gasteiger partial charge in [-0.05, 0) is 30.0 Å². The molecule has 7 nitrogen and oxygen atoms in total. The van der Waals surface area contributed by atoms with Crippen molar-refractivity contribution < 1.29 is 31.2 Å². The van der Waals surface area contributed by atoms with Gasteiger partial charge in [0.15, 0.2) is 6.61 Å². The van der Waals surface area contributed by atoms with Gasteiger partial charge in [-0.1, -0.05) is 32.0 Å². The number of carbonyl (C=O) groups excluding carboxylic acids is 1. The van der Waals surface area contributed by atoms with Gasteiger partial charge in [-0.2, -0.15) is 17.5 Å². The SMILES string of the molecule is CC(C)(C)CCNC(=O)CON=C1CCN(S(=O)(=O)c2cccc(C(F)(F)F)c2)CC1. The Bertz CT molecular complexity index is 899.